The first-order chi connectivity index (χ1) is 11.3. The van der Waals surface area contributed by atoms with E-state index in [9.17, 15) is 4.79 Å². The van der Waals surface area contributed by atoms with Crippen LogP contribution >= 0.6 is 0 Å². The third kappa shape index (κ3) is 3.49. The van der Waals surface area contributed by atoms with Crippen LogP contribution in [0.5, 0.6) is 0 Å². The number of furan rings is 1. The Balaban J connectivity index is 1.71. The lowest BCUT2D eigenvalue weighted by Crippen LogP contribution is -2.27. The molecule has 0 unspecified atom stereocenters. The van der Waals surface area contributed by atoms with E-state index in [0.717, 1.165) is 17.0 Å². The van der Waals surface area contributed by atoms with Gasteiger partial charge in [-0.2, -0.15) is 5.10 Å². The van der Waals surface area contributed by atoms with Gasteiger partial charge in [-0.05, 0) is 42.5 Å². The molecular weight excluding hydrogens is 294 g/mol. The van der Waals surface area contributed by atoms with Crippen molar-refractivity contribution >= 4 is 5.91 Å². The first-order valence-electron chi connectivity index (χ1n) is 7.25. The number of nitrogens with zero attached hydrogens (tertiary/aromatic N) is 2. The van der Waals surface area contributed by atoms with Crippen molar-refractivity contribution in [3.8, 4) is 17.0 Å². The van der Waals surface area contributed by atoms with Gasteiger partial charge >= 0.3 is 0 Å². The van der Waals surface area contributed by atoms with Crippen LogP contribution in [-0.4, -0.2) is 35.9 Å². The summed E-state index contributed by atoms with van der Waals surface area (Å²) in [6, 6.07) is 13.2. The van der Waals surface area contributed by atoms with Gasteiger partial charge in [-0.15, -0.1) is 0 Å². The molecule has 0 aliphatic heterocycles. The fourth-order valence-electron chi connectivity index (χ4n) is 2.17. The number of aromatic nitrogens is 2. The highest BCUT2D eigenvalue weighted by Gasteiger charge is 2.09. The highest BCUT2D eigenvalue weighted by atomic mass is 16.5. The number of benzene rings is 1. The van der Waals surface area contributed by atoms with Crippen molar-refractivity contribution in [1.29, 1.82) is 0 Å². The van der Waals surface area contributed by atoms with Crippen molar-refractivity contribution in [2.45, 2.75) is 0 Å². The summed E-state index contributed by atoms with van der Waals surface area (Å²) in [6.45, 7) is 0.931. The van der Waals surface area contributed by atoms with E-state index in [1.54, 1.807) is 30.3 Å². The summed E-state index contributed by atoms with van der Waals surface area (Å²) in [6.07, 6.45) is 3.40. The summed E-state index contributed by atoms with van der Waals surface area (Å²) in [5.41, 5.74) is 2.23. The van der Waals surface area contributed by atoms with Crippen LogP contribution in [0.25, 0.3) is 17.0 Å². The summed E-state index contributed by atoms with van der Waals surface area (Å²) < 4.78 is 11.9. The molecule has 0 bridgehead atoms. The zero-order valence-corrected chi connectivity index (χ0v) is 12.7. The van der Waals surface area contributed by atoms with Gasteiger partial charge in [0, 0.05) is 25.4 Å². The highest BCUT2D eigenvalue weighted by molar-refractivity contribution is 5.92. The van der Waals surface area contributed by atoms with Gasteiger partial charge in [0.25, 0.3) is 5.91 Å². The lowest BCUT2D eigenvalue weighted by Gasteiger charge is -2.03. The maximum Gasteiger partial charge on any atom is 0.271 e. The molecule has 1 amide bonds. The standard InChI is InChI=1S/C17H17N3O3/c1-22-12-9-18-17(21)15-8-10-20(19-15)14-6-4-13(5-7-14)16-3-2-11-23-16/h2-8,10-11H,9,12H2,1H3,(H,18,21). The van der Waals surface area contributed by atoms with Crippen molar-refractivity contribution in [3.05, 3.63) is 60.6 Å². The molecule has 2 aromatic heterocycles. The van der Waals surface area contributed by atoms with Crippen molar-refractivity contribution in [2.24, 2.45) is 0 Å². The average Bonchev–Trinajstić information content (AvgIpc) is 3.27. The highest BCUT2D eigenvalue weighted by Crippen LogP contribution is 2.21. The number of hydrogen-bond acceptors (Lipinski definition) is 4. The number of carbonyl (C=O) groups excluding carboxylic acids is 1. The van der Waals surface area contributed by atoms with Gasteiger partial charge in [0.05, 0.1) is 18.6 Å². The Morgan fingerprint density at radius 1 is 1.26 bits per heavy atom. The molecule has 0 aliphatic carbocycles. The number of rotatable bonds is 6. The van der Waals surface area contributed by atoms with Crippen molar-refractivity contribution in [2.75, 3.05) is 20.3 Å². The predicted octanol–water partition coefficient (Wildman–Crippen LogP) is 2.51. The number of hydrogen-bond donors (Lipinski definition) is 1. The summed E-state index contributed by atoms with van der Waals surface area (Å²) >= 11 is 0. The van der Waals surface area contributed by atoms with Crippen molar-refractivity contribution in [3.63, 3.8) is 0 Å². The van der Waals surface area contributed by atoms with E-state index in [0.29, 0.717) is 18.8 Å². The molecule has 0 saturated carbocycles. The van der Waals surface area contributed by atoms with E-state index in [1.807, 2.05) is 36.4 Å². The Morgan fingerprint density at radius 3 is 2.78 bits per heavy atom. The molecule has 3 rings (SSSR count). The van der Waals surface area contributed by atoms with E-state index in [1.165, 1.54) is 0 Å². The Morgan fingerprint density at radius 2 is 2.09 bits per heavy atom. The molecular formula is C17H17N3O3. The molecule has 2 heterocycles. The number of ether oxygens (including phenoxy) is 1. The SMILES string of the molecule is COCCNC(=O)c1ccn(-c2ccc(-c3ccco3)cc2)n1. The van der Waals surface area contributed by atoms with Crippen LogP contribution in [-0.2, 0) is 4.74 Å². The molecule has 0 aliphatic rings. The van der Waals surface area contributed by atoms with Crippen LogP contribution in [0.2, 0.25) is 0 Å². The topological polar surface area (TPSA) is 69.3 Å². The zero-order valence-electron chi connectivity index (χ0n) is 12.7. The molecule has 23 heavy (non-hydrogen) atoms. The minimum atomic E-state index is -0.215. The van der Waals surface area contributed by atoms with Crippen LogP contribution < -0.4 is 5.32 Å². The second-order valence-corrected chi connectivity index (χ2v) is 4.92. The number of amides is 1. The Kier molecular flexibility index (Phi) is 4.54. The van der Waals surface area contributed by atoms with Crippen molar-refractivity contribution < 1.29 is 13.9 Å². The lowest BCUT2D eigenvalue weighted by molar-refractivity contribution is 0.0931. The fourth-order valence-corrected chi connectivity index (χ4v) is 2.17. The fraction of sp³-hybridized carbons (Fsp3) is 0.176. The second kappa shape index (κ2) is 6.93. The van der Waals surface area contributed by atoms with Gasteiger partial charge in [0.15, 0.2) is 5.69 Å². The van der Waals surface area contributed by atoms with E-state index < -0.39 is 0 Å². The Hall–Kier alpha value is -2.86. The van der Waals surface area contributed by atoms with Gasteiger partial charge in [-0.3, -0.25) is 4.79 Å². The summed E-state index contributed by atoms with van der Waals surface area (Å²) in [5.74, 6) is 0.600. The van der Waals surface area contributed by atoms with E-state index in [-0.39, 0.29) is 5.91 Å². The summed E-state index contributed by atoms with van der Waals surface area (Å²) in [4.78, 5) is 11.9. The van der Waals surface area contributed by atoms with Crippen LogP contribution in [0.3, 0.4) is 0 Å². The molecule has 0 saturated heterocycles. The van der Waals surface area contributed by atoms with Gasteiger partial charge < -0.3 is 14.5 Å². The molecule has 1 N–H and O–H groups in total. The monoisotopic (exact) mass is 311 g/mol. The predicted molar refractivity (Wildman–Crippen MR) is 85.5 cm³/mol. The van der Waals surface area contributed by atoms with Crippen LogP contribution in [0.4, 0.5) is 0 Å². The van der Waals surface area contributed by atoms with Gasteiger partial charge in [0.1, 0.15) is 5.76 Å². The Labute approximate surface area is 133 Å². The second-order valence-electron chi connectivity index (χ2n) is 4.92. The molecule has 6 heteroatoms. The minimum absolute atomic E-state index is 0.215. The van der Waals surface area contributed by atoms with E-state index >= 15 is 0 Å². The smallest absolute Gasteiger partial charge is 0.271 e. The maximum absolute atomic E-state index is 11.9. The summed E-state index contributed by atoms with van der Waals surface area (Å²) in [7, 11) is 1.59. The normalized spacial score (nSPS) is 10.7. The van der Waals surface area contributed by atoms with Crippen molar-refractivity contribution in [1.82, 2.24) is 15.1 Å². The number of carbonyl (C=O) groups is 1. The number of methoxy groups -OCH3 is 1. The van der Waals surface area contributed by atoms with Crippen LogP contribution in [0.1, 0.15) is 10.5 Å². The lowest BCUT2D eigenvalue weighted by atomic mass is 10.1. The Bertz CT molecular complexity index is 761. The molecule has 3 aromatic rings. The van der Waals surface area contributed by atoms with E-state index in [4.69, 9.17) is 9.15 Å². The molecule has 0 fully saturated rings. The molecule has 0 atom stereocenters. The molecule has 0 radical (unpaired) electrons. The maximum atomic E-state index is 11.9. The first-order valence-corrected chi connectivity index (χ1v) is 7.25. The third-order valence-corrected chi connectivity index (χ3v) is 3.35. The molecule has 118 valence electrons. The minimum Gasteiger partial charge on any atom is -0.464 e. The quantitative estimate of drug-likeness (QED) is 0.710. The molecule has 1 aromatic carbocycles. The van der Waals surface area contributed by atoms with Gasteiger partial charge in [-0.25, -0.2) is 4.68 Å². The van der Waals surface area contributed by atoms with Crippen LogP contribution in [0.15, 0.2) is 59.3 Å². The summed E-state index contributed by atoms with van der Waals surface area (Å²) in [5, 5.41) is 7.03. The third-order valence-electron chi connectivity index (χ3n) is 3.35. The zero-order chi connectivity index (χ0) is 16.1. The van der Waals surface area contributed by atoms with E-state index in [2.05, 4.69) is 10.4 Å². The van der Waals surface area contributed by atoms with Gasteiger partial charge in [-0.1, -0.05) is 0 Å². The largest absolute Gasteiger partial charge is 0.464 e. The molecule has 6 nitrogen and oxygen atoms in total. The molecule has 0 spiro atoms. The average molecular weight is 311 g/mol. The first kappa shape index (κ1) is 15.1. The van der Waals surface area contributed by atoms with Crippen LogP contribution in [0, 0.1) is 0 Å². The van der Waals surface area contributed by atoms with Gasteiger partial charge in [0.2, 0.25) is 0 Å². The number of nitrogens with one attached hydrogen (secondary N) is 1.